The summed E-state index contributed by atoms with van der Waals surface area (Å²) in [6, 6.07) is 3.34. The lowest BCUT2D eigenvalue weighted by Crippen LogP contribution is -2.19. The molecular weight excluding hydrogens is 400 g/mol. The lowest BCUT2D eigenvalue weighted by Gasteiger charge is -2.24. The number of anilines is 1. The molecular formula is C22H22N4O5. The lowest BCUT2D eigenvalue weighted by molar-refractivity contribution is -0.393. The molecule has 0 spiro atoms. The van der Waals surface area contributed by atoms with Crippen LogP contribution in [0.5, 0.6) is 0 Å². The third-order valence-corrected chi connectivity index (χ3v) is 4.36. The number of hydrogen-bond donors (Lipinski definition) is 1. The van der Waals surface area contributed by atoms with Crippen LogP contribution in [0.2, 0.25) is 0 Å². The molecule has 0 unspecified atom stereocenters. The summed E-state index contributed by atoms with van der Waals surface area (Å²) in [6.45, 7) is 5.90. The first-order chi connectivity index (χ1) is 14.6. The Morgan fingerprint density at radius 2 is 1.84 bits per heavy atom. The van der Waals surface area contributed by atoms with Gasteiger partial charge in [0.05, 0.1) is 22.1 Å². The standard InChI is InChI=1S/C22H22N4O5/c1-22(2,3)31-21-9-5-7-15-6-4-8-16(18(21)12-15)14-23-24-19-11-10-17(25(27)28)13-20(19)26(29)30/h4-11,13-14,24H,12H2,1-3H3/b23-14+. The zero-order valence-corrected chi connectivity index (χ0v) is 17.4. The quantitative estimate of drug-likeness (QED) is 0.375. The number of non-ortho nitro benzene ring substituents is 1. The monoisotopic (exact) mass is 422 g/mol. The minimum absolute atomic E-state index is 0.0538. The number of ether oxygens (including phenoxy) is 1. The number of rotatable bonds is 6. The summed E-state index contributed by atoms with van der Waals surface area (Å²) in [7, 11) is 0. The Bertz CT molecular complexity index is 1100. The number of allylic oxidation sites excluding steroid dienone is 9. The Balaban J connectivity index is 1.90. The number of benzene rings is 1. The summed E-state index contributed by atoms with van der Waals surface area (Å²) in [4.78, 5) is 20.8. The van der Waals surface area contributed by atoms with Gasteiger partial charge in [0.15, 0.2) is 0 Å². The maximum absolute atomic E-state index is 11.3. The molecule has 0 atom stereocenters. The SMILES string of the molecule is CC(C)(C)OC1=C2CC(=CC=C1)C=CC=C2/C=N/Nc1ccc([N+](=O)[O-])cc1[N+](=O)[O-]. The first kappa shape index (κ1) is 21.7. The molecule has 2 aliphatic carbocycles. The summed E-state index contributed by atoms with van der Waals surface area (Å²) in [5.41, 5.74) is 4.31. The van der Waals surface area contributed by atoms with Crippen LogP contribution in [0.25, 0.3) is 0 Å². The molecule has 9 nitrogen and oxygen atoms in total. The van der Waals surface area contributed by atoms with Crippen molar-refractivity contribution in [3.05, 3.63) is 97.4 Å². The number of nitro groups is 2. The van der Waals surface area contributed by atoms with Crippen molar-refractivity contribution in [2.75, 3.05) is 5.43 Å². The number of hydrazone groups is 1. The van der Waals surface area contributed by atoms with Crippen LogP contribution in [0.4, 0.5) is 17.1 Å². The zero-order valence-electron chi connectivity index (χ0n) is 17.4. The summed E-state index contributed by atoms with van der Waals surface area (Å²) < 4.78 is 6.14. The van der Waals surface area contributed by atoms with E-state index >= 15 is 0 Å². The number of nitrogens with one attached hydrogen (secondary N) is 1. The van der Waals surface area contributed by atoms with Gasteiger partial charge in [-0.3, -0.25) is 25.7 Å². The minimum Gasteiger partial charge on any atom is -0.488 e. The predicted molar refractivity (Wildman–Crippen MR) is 119 cm³/mol. The van der Waals surface area contributed by atoms with Gasteiger partial charge in [-0.1, -0.05) is 30.4 Å². The lowest BCUT2D eigenvalue weighted by atomic mass is 10.00. The van der Waals surface area contributed by atoms with Gasteiger partial charge >= 0.3 is 5.69 Å². The maximum Gasteiger partial charge on any atom is 0.301 e. The summed E-state index contributed by atoms with van der Waals surface area (Å²) in [6.07, 6.45) is 13.8. The minimum atomic E-state index is -0.691. The molecule has 1 aromatic carbocycles. The van der Waals surface area contributed by atoms with E-state index in [1.165, 1.54) is 12.1 Å². The van der Waals surface area contributed by atoms with Gasteiger partial charge in [-0.15, -0.1) is 0 Å². The van der Waals surface area contributed by atoms with Crippen LogP contribution >= 0.6 is 0 Å². The van der Waals surface area contributed by atoms with Crippen LogP contribution in [-0.2, 0) is 4.74 Å². The Morgan fingerprint density at radius 3 is 2.52 bits per heavy atom. The van der Waals surface area contributed by atoms with E-state index in [2.05, 4.69) is 10.5 Å². The van der Waals surface area contributed by atoms with E-state index in [1.807, 2.05) is 57.2 Å². The molecule has 0 aromatic heterocycles. The van der Waals surface area contributed by atoms with Gasteiger partial charge in [0.1, 0.15) is 17.0 Å². The number of hydrogen-bond acceptors (Lipinski definition) is 7. The van der Waals surface area contributed by atoms with Crippen LogP contribution in [0.3, 0.4) is 0 Å². The molecule has 0 radical (unpaired) electrons. The van der Waals surface area contributed by atoms with Crippen molar-refractivity contribution in [1.29, 1.82) is 0 Å². The van der Waals surface area contributed by atoms with Gasteiger partial charge in [0.25, 0.3) is 5.69 Å². The highest BCUT2D eigenvalue weighted by Gasteiger charge is 2.21. The molecule has 31 heavy (non-hydrogen) atoms. The smallest absolute Gasteiger partial charge is 0.301 e. The summed E-state index contributed by atoms with van der Waals surface area (Å²) in [5, 5.41) is 26.3. The predicted octanol–water partition coefficient (Wildman–Crippen LogP) is 5.35. The molecule has 2 bridgehead atoms. The van der Waals surface area contributed by atoms with E-state index < -0.39 is 21.1 Å². The fourth-order valence-corrected chi connectivity index (χ4v) is 3.04. The number of nitro benzene ring substituents is 2. The van der Waals surface area contributed by atoms with Gasteiger partial charge < -0.3 is 4.74 Å². The second-order valence-corrected chi connectivity index (χ2v) is 7.90. The normalized spacial score (nSPS) is 15.8. The van der Waals surface area contributed by atoms with E-state index in [-0.39, 0.29) is 11.4 Å². The Hall–Kier alpha value is -4.01. The molecule has 9 heteroatoms. The molecule has 0 saturated carbocycles. The van der Waals surface area contributed by atoms with Crippen molar-refractivity contribution < 1.29 is 14.6 Å². The highest BCUT2D eigenvalue weighted by atomic mass is 16.6. The van der Waals surface area contributed by atoms with Gasteiger partial charge in [-0.2, -0.15) is 5.10 Å². The fraction of sp³-hybridized carbons (Fsp3) is 0.227. The fourth-order valence-electron chi connectivity index (χ4n) is 3.04. The van der Waals surface area contributed by atoms with Crippen molar-refractivity contribution in [2.45, 2.75) is 32.8 Å². The van der Waals surface area contributed by atoms with Crippen LogP contribution in [-0.4, -0.2) is 21.7 Å². The van der Waals surface area contributed by atoms with Crippen LogP contribution in [0.1, 0.15) is 27.2 Å². The average Bonchev–Trinajstić information content (AvgIpc) is 3.00. The van der Waals surface area contributed by atoms with Crippen molar-refractivity contribution in [2.24, 2.45) is 5.10 Å². The van der Waals surface area contributed by atoms with E-state index in [0.29, 0.717) is 6.42 Å². The van der Waals surface area contributed by atoms with Crippen molar-refractivity contribution >= 4 is 23.3 Å². The first-order valence-corrected chi connectivity index (χ1v) is 9.54. The largest absolute Gasteiger partial charge is 0.488 e. The van der Waals surface area contributed by atoms with E-state index in [9.17, 15) is 20.2 Å². The zero-order chi connectivity index (χ0) is 22.6. The first-order valence-electron chi connectivity index (χ1n) is 9.54. The molecule has 2 aliphatic rings. The van der Waals surface area contributed by atoms with Crippen LogP contribution in [0, 0.1) is 20.2 Å². The second-order valence-electron chi connectivity index (χ2n) is 7.90. The maximum atomic E-state index is 11.3. The van der Waals surface area contributed by atoms with Gasteiger partial charge in [-0.25, -0.2) is 0 Å². The third-order valence-electron chi connectivity index (χ3n) is 4.36. The van der Waals surface area contributed by atoms with Crippen LogP contribution < -0.4 is 5.43 Å². The van der Waals surface area contributed by atoms with Gasteiger partial charge in [0.2, 0.25) is 0 Å². The molecule has 0 saturated heterocycles. The topological polar surface area (TPSA) is 120 Å². The highest BCUT2D eigenvalue weighted by molar-refractivity contribution is 5.87. The molecule has 3 rings (SSSR count). The second kappa shape index (κ2) is 8.78. The van der Waals surface area contributed by atoms with Crippen LogP contribution in [0.15, 0.2) is 82.2 Å². The summed E-state index contributed by atoms with van der Waals surface area (Å²) in [5.74, 6) is 0.724. The molecule has 0 aliphatic heterocycles. The number of nitrogens with zero attached hydrogens (tertiary/aromatic N) is 3. The van der Waals surface area contributed by atoms with Crippen molar-refractivity contribution in [3.63, 3.8) is 0 Å². The number of fused-ring (bicyclic) bond motifs is 2. The Kier molecular flexibility index (Phi) is 6.15. The molecule has 0 fully saturated rings. The highest BCUT2D eigenvalue weighted by Crippen LogP contribution is 2.32. The molecule has 0 heterocycles. The molecule has 1 aromatic rings. The Morgan fingerprint density at radius 1 is 1.10 bits per heavy atom. The summed E-state index contributed by atoms with van der Waals surface area (Å²) >= 11 is 0. The molecule has 1 N–H and O–H groups in total. The van der Waals surface area contributed by atoms with Gasteiger partial charge in [0, 0.05) is 23.6 Å². The van der Waals surface area contributed by atoms with E-state index in [0.717, 1.165) is 28.5 Å². The van der Waals surface area contributed by atoms with E-state index in [4.69, 9.17) is 4.74 Å². The van der Waals surface area contributed by atoms with E-state index in [1.54, 1.807) is 6.21 Å². The Labute approximate surface area is 179 Å². The third kappa shape index (κ3) is 5.53. The average molecular weight is 422 g/mol. The van der Waals surface area contributed by atoms with Gasteiger partial charge in [-0.05, 0) is 38.5 Å². The van der Waals surface area contributed by atoms with Crippen molar-refractivity contribution in [1.82, 2.24) is 0 Å². The molecule has 160 valence electrons. The molecule has 0 amide bonds. The van der Waals surface area contributed by atoms with Crippen molar-refractivity contribution in [3.8, 4) is 0 Å².